The van der Waals surface area contributed by atoms with Crippen LogP contribution in [0.1, 0.15) is 18.4 Å². The number of methoxy groups -OCH3 is 1. The van der Waals surface area contributed by atoms with Crippen molar-refractivity contribution in [1.29, 1.82) is 0 Å². The average molecular weight is 283 g/mol. The first kappa shape index (κ1) is 14.2. The van der Waals surface area contributed by atoms with E-state index in [1.807, 2.05) is 0 Å². The summed E-state index contributed by atoms with van der Waals surface area (Å²) in [7, 11) is 1.23. The number of nitrogens with zero attached hydrogens (tertiary/aromatic N) is 1. The van der Waals surface area contributed by atoms with Gasteiger partial charge in [0.2, 0.25) is 0 Å². The molecule has 1 aliphatic rings. The summed E-state index contributed by atoms with van der Waals surface area (Å²) in [6.45, 7) is 1.48. The van der Waals surface area contributed by atoms with E-state index in [1.54, 1.807) is 0 Å². The lowest BCUT2D eigenvalue weighted by Gasteiger charge is -2.17. The Morgan fingerprint density at radius 2 is 2.15 bits per heavy atom. The van der Waals surface area contributed by atoms with E-state index >= 15 is 0 Å². The maximum Gasteiger partial charge on any atom is 0.347 e. The van der Waals surface area contributed by atoms with Gasteiger partial charge in [0.15, 0.2) is 17.7 Å². The molecule has 0 aromatic heterocycles. The van der Waals surface area contributed by atoms with Gasteiger partial charge in [-0.3, -0.25) is 10.1 Å². The highest BCUT2D eigenvalue weighted by Crippen LogP contribution is 2.37. The number of nitro groups is 1. The minimum Gasteiger partial charge on any atom is -0.475 e. The Morgan fingerprint density at radius 1 is 1.50 bits per heavy atom. The zero-order chi connectivity index (χ0) is 14.9. The summed E-state index contributed by atoms with van der Waals surface area (Å²) < 4.78 is 23.8. The van der Waals surface area contributed by atoms with Crippen molar-refractivity contribution in [2.75, 3.05) is 7.11 Å². The van der Waals surface area contributed by atoms with Crippen molar-refractivity contribution in [3.63, 3.8) is 0 Å². The van der Waals surface area contributed by atoms with Gasteiger partial charge in [0.1, 0.15) is 0 Å². The van der Waals surface area contributed by atoms with Crippen molar-refractivity contribution in [3.05, 3.63) is 33.6 Å². The molecule has 1 unspecified atom stereocenters. The topological polar surface area (TPSA) is 78.7 Å². The molecule has 1 aliphatic carbocycles. The number of hydrogen-bond acceptors (Lipinski definition) is 5. The first-order valence-electron chi connectivity index (χ1n) is 6.13. The second-order valence-corrected chi connectivity index (χ2v) is 4.73. The fourth-order valence-electron chi connectivity index (χ4n) is 1.92. The largest absolute Gasteiger partial charge is 0.475 e. The third kappa shape index (κ3) is 2.87. The number of rotatable bonds is 5. The van der Waals surface area contributed by atoms with Crippen LogP contribution in [0.15, 0.2) is 12.1 Å². The normalized spacial score (nSPS) is 15.6. The molecule has 0 radical (unpaired) electrons. The van der Waals surface area contributed by atoms with Crippen molar-refractivity contribution in [3.8, 4) is 5.75 Å². The third-order valence-corrected chi connectivity index (χ3v) is 3.18. The molecule has 108 valence electrons. The minimum atomic E-state index is -0.865. The van der Waals surface area contributed by atoms with Gasteiger partial charge in [0.05, 0.1) is 18.1 Å². The number of carbonyl (C=O) groups excluding carboxylic acids is 1. The van der Waals surface area contributed by atoms with E-state index in [1.165, 1.54) is 20.1 Å². The molecule has 1 fully saturated rings. The standard InChI is InChI=1S/C13H14FNO5/c1-7-5-11(9(14)6-10(7)15(17)18)20-12(8-3-4-8)13(16)19-2/h5-6,8,12H,3-4H2,1-2H3. The number of hydrogen-bond donors (Lipinski definition) is 0. The Morgan fingerprint density at radius 3 is 2.65 bits per heavy atom. The molecular weight excluding hydrogens is 269 g/mol. The highest BCUT2D eigenvalue weighted by molar-refractivity contribution is 5.75. The van der Waals surface area contributed by atoms with E-state index in [4.69, 9.17) is 4.74 Å². The maximum atomic E-state index is 13.8. The third-order valence-electron chi connectivity index (χ3n) is 3.18. The lowest BCUT2D eigenvalue weighted by Crippen LogP contribution is -2.31. The Kier molecular flexibility index (Phi) is 3.87. The summed E-state index contributed by atoms with van der Waals surface area (Å²) in [5, 5.41) is 10.7. The lowest BCUT2D eigenvalue weighted by molar-refractivity contribution is -0.385. The predicted octanol–water partition coefficient (Wildman–Crippen LogP) is 2.37. The van der Waals surface area contributed by atoms with Gasteiger partial charge in [-0.25, -0.2) is 9.18 Å². The summed E-state index contributed by atoms with van der Waals surface area (Å²) in [4.78, 5) is 21.6. The smallest absolute Gasteiger partial charge is 0.347 e. The van der Waals surface area contributed by atoms with Crippen molar-refractivity contribution >= 4 is 11.7 Å². The summed E-state index contributed by atoms with van der Waals surface area (Å²) >= 11 is 0. The van der Waals surface area contributed by atoms with E-state index in [2.05, 4.69) is 4.74 Å². The van der Waals surface area contributed by atoms with Crippen LogP contribution in [0.5, 0.6) is 5.75 Å². The van der Waals surface area contributed by atoms with E-state index in [9.17, 15) is 19.3 Å². The Bertz CT molecular complexity index is 556. The fraction of sp³-hybridized carbons (Fsp3) is 0.462. The molecule has 7 heteroatoms. The summed E-state index contributed by atoms with van der Waals surface area (Å²) in [5.74, 6) is -1.59. The Hall–Kier alpha value is -2.18. The number of benzene rings is 1. The highest BCUT2D eigenvalue weighted by Gasteiger charge is 2.39. The molecule has 0 N–H and O–H groups in total. The van der Waals surface area contributed by atoms with E-state index < -0.39 is 22.8 Å². The van der Waals surface area contributed by atoms with Crippen LogP contribution >= 0.6 is 0 Å². The molecule has 0 amide bonds. The minimum absolute atomic E-state index is 0.0114. The van der Waals surface area contributed by atoms with Gasteiger partial charge in [0, 0.05) is 11.5 Å². The van der Waals surface area contributed by atoms with Gasteiger partial charge in [-0.15, -0.1) is 0 Å². The summed E-state index contributed by atoms with van der Waals surface area (Å²) in [5.41, 5.74) is -0.0540. The molecule has 0 heterocycles. The van der Waals surface area contributed by atoms with Crippen LogP contribution in [0.3, 0.4) is 0 Å². The first-order valence-corrected chi connectivity index (χ1v) is 6.13. The van der Waals surface area contributed by atoms with Crippen LogP contribution in [0.25, 0.3) is 0 Å². The van der Waals surface area contributed by atoms with Crippen molar-refractivity contribution < 1.29 is 23.6 Å². The first-order chi connectivity index (χ1) is 9.43. The van der Waals surface area contributed by atoms with Crippen LogP contribution in [-0.4, -0.2) is 24.1 Å². The second kappa shape index (κ2) is 5.44. The molecular formula is C13H14FNO5. The molecule has 6 nitrogen and oxygen atoms in total. The SMILES string of the molecule is COC(=O)C(Oc1cc(C)c([N+](=O)[O-])cc1F)C1CC1. The molecule has 20 heavy (non-hydrogen) atoms. The molecule has 0 bridgehead atoms. The van der Waals surface area contributed by atoms with Crippen molar-refractivity contribution in [1.82, 2.24) is 0 Å². The van der Waals surface area contributed by atoms with E-state index in [-0.39, 0.29) is 22.9 Å². The molecule has 0 aliphatic heterocycles. The van der Waals surface area contributed by atoms with Gasteiger partial charge in [-0.1, -0.05) is 0 Å². The second-order valence-electron chi connectivity index (χ2n) is 4.73. The van der Waals surface area contributed by atoms with Gasteiger partial charge in [-0.2, -0.15) is 0 Å². The van der Waals surface area contributed by atoms with E-state index in [0.29, 0.717) is 0 Å². The predicted molar refractivity (Wildman–Crippen MR) is 66.9 cm³/mol. The van der Waals surface area contributed by atoms with Gasteiger partial charge in [0.25, 0.3) is 5.69 Å². The molecule has 1 aromatic carbocycles. The quantitative estimate of drug-likeness (QED) is 0.471. The molecule has 1 saturated carbocycles. The lowest BCUT2D eigenvalue weighted by atomic mass is 10.1. The number of carbonyl (C=O) groups is 1. The average Bonchev–Trinajstić information content (AvgIpc) is 3.22. The van der Waals surface area contributed by atoms with Crippen LogP contribution in [0.4, 0.5) is 10.1 Å². The molecule has 2 rings (SSSR count). The maximum absolute atomic E-state index is 13.8. The van der Waals surface area contributed by atoms with Crippen LogP contribution in [-0.2, 0) is 9.53 Å². The van der Waals surface area contributed by atoms with Crippen LogP contribution in [0.2, 0.25) is 0 Å². The molecule has 1 atom stereocenters. The van der Waals surface area contributed by atoms with Gasteiger partial charge in [-0.05, 0) is 25.8 Å². The van der Waals surface area contributed by atoms with Crippen molar-refractivity contribution in [2.24, 2.45) is 5.92 Å². The number of esters is 1. The zero-order valence-corrected chi connectivity index (χ0v) is 11.1. The van der Waals surface area contributed by atoms with Gasteiger partial charge < -0.3 is 9.47 Å². The Labute approximate surface area is 114 Å². The number of nitro benzene ring substituents is 1. The van der Waals surface area contributed by atoms with Crippen LogP contribution in [0, 0.1) is 28.8 Å². The summed E-state index contributed by atoms with van der Waals surface area (Å²) in [6.07, 6.45) is 0.760. The zero-order valence-electron chi connectivity index (χ0n) is 11.1. The van der Waals surface area contributed by atoms with Gasteiger partial charge >= 0.3 is 5.97 Å². The van der Waals surface area contributed by atoms with Crippen LogP contribution < -0.4 is 4.74 Å². The monoisotopic (exact) mass is 283 g/mol. The van der Waals surface area contributed by atoms with E-state index in [0.717, 1.165) is 18.9 Å². The highest BCUT2D eigenvalue weighted by atomic mass is 19.1. The molecule has 0 saturated heterocycles. The molecule has 0 spiro atoms. The van der Waals surface area contributed by atoms with Crippen molar-refractivity contribution in [2.45, 2.75) is 25.9 Å². The fourth-order valence-corrected chi connectivity index (χ4v) is 1.92. The molecule has 1 aromatic rings. The number of halogens is 1. The number of aryl methyl sites for hydroxylation is 1. The summed E-state index contributed by atoms with van der Waals surface area (Å²) in [6, 6.07) is 2.03. The number of ether oxygens (including phenoxy) is 2. The Balaban J connectivity index is 2.26.